The maximum absolute atomic E-state index is 8.63. The van der Waals surface area contributed by atoms with Gasteiger partial charge in [0.15, 0.2) is 0 Å². The molecule has 0 aromatic heterocycles. The third-order valence-corrected chi connectivity index (χ3v) is 3.56. The van der Waals surface area contributed by atoms with Gasteiger partial charge in [0.25, 0.3) is 0 Å². The second kappa shape index (κ2) is 4.37. The van der Waals surface area contributed by atoms with Crippen LogP contribution in [0, 0.1) is 10.7 Å². The van der Waals surface area contributed by atoms with Crippen LogP contribution in [0.5, 0.6) is 0 Å². The van der Waals surface area contributed by atoms with E-state index in [2.05, 4.69) is 54.2 Å². The third-order valence-electron chi connectivity index (χ3n) is 1.95. The molecule has 0 fully saturated rings. The number of hydrogen-bond donors (Lipinski definition) is 0. The number of nitriles is 1. The average molecular weight is 270 g/mol. The summed E-state index contributed by atoms with van der Waals surface area (Å²) in [7, 11) is 0. The van der Waals surface area contributed by atoms with Crippen LogP contribution in [0.2, 0.25) is 0 Å². The number of thiocyanates is 1. The van der Waals surface area contributed by atoms with E-state index < -0.39 is 0 Å². The van der Waals surface area contributed by atoms with Crippen LogP contribution in [0.25, 0.3) is 0 Å². The first-order chi connectivity index (χ1) is 6.45. The van der Waals surface area contributed by atoms with Crippen LogP contribution >= 0.6 is 27.7 Å². The molecule has 0 aliphatic carbocycles. The van der Waals surface area contributed by atoms with E-state index in [9.17, 15) is 0 Å². The van der Waals surface area contributed by atoms with E-state index in [4.69, 9.17) is 5.26 Å². The number of thioether (sulfide) groups is 1. The van der Waals surface area contributed by atoms with Crippen molar-refractivity contribution >= 4 is 27.7 Å². The zero-order chi connectivity index (χ0) is 10.8. The number of benzene rings is 1. The standard InChI is InChI=1S/C11H12BrNS/c1-11(2,3)8-4-5-9(12)10(6-8)14-7-13/h4-6H,1-3H3. The SMILES string of the molecule is CC(C)(C)c1ccc(Br)c(SC#N)c1. The van der Waals surface area contributed by atoms with Gasteiger partial charge < -0.3 is 0 Å². The smallest absolute Gasteiger partial charge is 0.138 e. The van der Waals surface area contributed by atoms with Crippen molar-refractivity contribution in [3.05, 3.63) is 28.2 Å². The van der Waals surface area contributed by atoms with Crippen molar-refractivity contribution in [3.8, 4) is 5.40 Å². The van der Waals surface area contributed by atoms with Crippen LogP contribution in [0.4, 0.5) is 0 Å². The summed E-state index contributed by atoms with van der Waals surface area (Å²) in [6.45, 7) is 6.49. The normalized spacial score (nSPS) is 11.1. The van der Waals surface area contributed by atoms with Crippen LogP contribution in [0.15, 0.2) is 27.6 Å². The minimum atomic E-state index is 0.130. The molecular formula is C11H12BrNS. The fraction of sp³-hybridized carbons (Fsp3) is 0.364. The number of rotatable bonds is 1. The van der Waals surface area contributed by atoms with E-state index in [1.807, 2.05) is 6.07 Å². The molecule has 0 saturated carbocycles. The highest BCUT2D eigenvalue weighted by atomic mass is 79.9. The van der Waals surface area contributed by atoms with Gasteiger partial charge in [0.05, 0.1) is 0 Å². The monoisotopic (exact) mass is 269 g/mol. The molecule has 3 heteroatoms. The van der Waals surface area contributed by atoms with Gasteiger partial charge in [-0.05, 0) is 50.8 Å². The molecule has 0 heterocycles. The first-order valence-electron chi connectivity index (χ1n) is 4.31. The molecule has 1 aromatic rings. The number of halogens is 1. The van der Waals surface area contributed by atoms with Gasteiger partial charge >= 0.3 is 0 Å². The molecule has 0 saturated heterocycles. The van der Waals surface area contributed by atoms with E-state index in [0.717, 1.165) is 9.37 Å². The molecule has 1 nitrogen and oxygen atoms in total. The Hall–Kier alpha value is -0.460. The Morgan fingerprint density at radius 2 is 2.00 bits per heavy atom. The fourth-order valence-electron chi connectivity index (χ4n) is 1.10. The van der Waals surface area contributed by atoms with Crippen LogP contribution in [0.3, 0.4) is 0 Å². The minimum Gasteiger partial charge on any atom is -0.185 e. The summed E-state index contributed by atoms with van der Waals surface area (Å²) >= 11 is 4.62. The van der Waals surface area contributed by atoms with E-state index in [1.54, 1.807) is 0 Å². The molecule has 0 spiro atoms. The second-order valence-corrected chi connectivity index (χ2v) is 5.77. The molecule has 0 aliphatic heterocycles. The van der Waals surface area contributed by atoms with Crippen LogP contribution < -0.4 is 0 Å². The van der Waals surface area contributed by atoms with Gasteiger partial charge in [-0.1, -0.05) is 26.8 Å². The van der Waals surface area contributed by atoms with Crippen molar-refractivity contribution in [2.24, 2.45) is 0 Å². The zero-order valence-corrected chi connectivity index (χ0v) is 10.9. The summed E-state index contributed by atoms with van der Waals surface area (Å²) in [6.07, 6.45) is 0. The van der Waals surface area contributed by atoms with Crippen LogP contribution in [-0.4, -0.2) is 0 Å². The van der Waals surface area contributed by atoms with E-state index in [-0.39, 0.29) is 5.41 Å². The molecule has 0 aliphatic rings. The first-order valence-corrected chi connectivity index (χ1v) is 5.92. The molecule has 0 atom stereocenters. The lowest BCUT2D eigenvalue weighted by molar-refractivity contribution is 0.588. The predicted molar refractivity (Wildman–Crippen MR) is 64.3 cm³/mol. The molecule has 1 rings (SSSR count). The third kappa shape index (κ3) is 2.76. The van der Waals surface area contributed by atoms with E-state index in [1.165, 1.54) is 17.3 Å². The lowest BCUT2D eigenvalue weighted by Gasteiger charge is -2.19. The molecule has 0 N–H and O–H groups in total. The number of nitrogens with zero attached hydrogens (tertiary/aromatic N) is 1. The lowest BCUT2D eigenvalue weighted by Crippen LogP contribution is -2.10. The summed E-state index contributed by atoms with van der Waals surface area (Å²) in [5.41, 5.74) is 1.38. The first kappa shape index (κ1) is 11.6. The molecule has 74 valence electrons. The van der Waals surface area contributed by atoms with Gasteiger partial charge in [0.2, 0.25) is 0 Å². The Bertz CT molecular complexity index is 374. The molecule has 0 radical (unpaired) electrons. The van der Waals surface area contributed by atoms with Crippen molar-refractivity contribution in [2.75, 3.05) is 0 Å². The minimum absolute atomic E-state index is 0.130. The van der Waals surface area contributed by atoms with Crippen molar-refractivity contribution in [3.63, 3.8) is 0 Å². The Balaban J connectivity index is 3.14. The van der Waals surface area contributed by atoms with Crippen molar-refractivity contribution < 1.29 is 0 Å². The molecule has 0 amide bonds. The van der Waals surface area contributed by atoms with Gasteiger partial charge in [-0.25, -0.2) is 0 Å². The Morgan fingerprint density at radius 1 is 1.36 bits per heavy atom. The van der Waals surface area contributed by atoms with Crippen molar-refractivity contribution in [1.29, 1.82) is 5.26 Å². The fourth-order valence-corrected chi connectivity index (χ4v) is 2.04. The molecule has 14 heavy (non-hydrogen) atoms. The Labute approximate surface area is 97.6 Å². The molecule has 0 bridgehead atoms. The summed E-state index contributed by atoms with van der Waals surface area (Å²) < 4.78 is 0.983. The highest BCUT2D eigenvalue weighted by Gasteiger charge is 2.14. The van der Waals surface area contributed by atoms with Crippen molar-refractivity contribution in [1.82, 2.24) is 0 Å². The zero-order valence-electron chi connectivity index (χ0n) is 8.47. The summed E-state index contributed by atoms with van der Waals surface area (Å²) in [5, 5.41) is 10.7. The predicted octanol–water partition coefficient (Wildman–Crippen LogP) is 4.32. The maximum atomic E-state index is 8.63. The highest BCUT2D eigenvalue weighted by Crippen LogP contribution is 2.32. The largest absolute Gasteiger partial charge is 0.185 e. The lowest BCUT2D eigenvalue weighted by atomic mass is 9.87. The van der Waals surface area contributed by atoms with E-state index in [0.29, 0.717) is 0 Å². The summed E-state index contributed by atoms with van der Waals surface area (Å²) in [5.74, 6) is 0. The van der Waals surface area contributed by atoms with Crippen LogP contribution in [0.1, 0.15) is 26.3 Å². The molecule has 1 aromatic carbocycles. The second-order valence-electron chi connectivity index (χ2n) is 4.09. The quantitative estimate of drug-likeness (QED) is 0.560. The topological polar surface area (TPSA) is 23.8 Å². The van der Waals surface area contributed by atoms with Gasteiger partial charge in [-0.2, -0.15) is 5.26 Å². The van der Waals surface area contributed by atoms with Crippen LogP contribution in [-0.2, 0) is 5.41 Å². The average Bonchev–Trinajstić information content (AvgIpc) is 2.07. The van der Waals surface area contributed by atoms with Gasteiger partial charge in [-0.15, -0.1) is 0 Å². The van der Waals surface area contributed by atoms with E-state index >= 15 is 0 Å². The maximum Gasteiger partial charge on any atom is 0.138 e. The number of hydrogen-bond acceptors (Lipinski definition) is 2. The Kier molecular flexibility index (Phi) is 3.63. The van der Waals surface area contributed by atoms with Gasteiger partial charge in [-0.3, -0.25) is 0 Å². The molecular weight excluding hydrogens is 258 g/mol. The summed E-state index contributed by atoms with van der Waals surface area (Å²) in [4.78, 5) is 0.986. The molecule has 0 unspecified atom stereocenters. The highest BCUT2D eigenvalue weighted by molar-refractivity contribution is 9.10. The van der Waals surface area contributed by atoms with Gasteiger partial charge in [0, 0.05) is 9.37 Å². The Morgan fingerprint density at radius 3 is 2.50 bits per heavy atom. The summed E-state index contributed by atoms with van der Waals surface area (Å²) in [6, 6.07) is 6.16. The van der Waals surface area contributed by atoms with Crippen molar-refractivity contribution in [2.45, 2.75) is 31.1 Å². The van der Waals surface area contributed by atoms with Gasteiger partial charge in [0.1, 0.15) is 5.40 Å².